The molecular formula is C10H14ClNOS. The molecule has 0 amide bonds. The van der Waals surface area contributed by atoms with E-state index in [0.717, 1.165) is 22.1 Å². The van der Waals surface area contributed by atoms with Gasteiger partial charge >= 0.3 is 0 Å². The Labute approximate surface area is 92.7 Å². The van der Waals surface area contributed by atoms with Crippen molar-refractivity contribution >= 4 is 22.9 Å². The summed E-state index contributed by atoms with van der Waals surface area (Å²) in [7, 11) is 0. The Kier molecular flexibility index (Phi) is 2.84. The molecule has 0 aromatic carbocycles. The highest BCUT2D eigenvalue weighted by molar-refractivity contribution is 7.16. The Hall–Kier alpha value is -0.0900. The van der Waals surface area contributed by atoms with Gasteiger partial charge in [-0.25, -0.2) is 0 Å². The molecule has 2 nitrogen and oxygen atoms in total. The molecule has 1 heterocycles. The quantitative estimate of drug-likeness (QED) is 0.840. The lowest BCUT2D eigenvalue weighted by Crippen LogP contribution is -2.42. The van der Waals surface area contributed by atoms with Gasteiger partial charge in [-0.05, 0) is 25.0 Å². The molecule has 1 aliphatic carbocycles. The molecule has 2 rings (SSSR count). The number of aliphatic hydroxyl groups excluding tert-OH is 1. The van der Waals surface area contributed by atoms with Crippen molar-refractivity contribution in [1.29, 1.82) is 0 Å². The Bertz CT molecular complexity index is 316. The topological polar surface area (TPSA) is 46.2 Å². The molecule has 14 heavy (non-hydrogen) atoms. The minimum Gasteiger partial charge on any atom is -0.387 e. The molecule has 1 fully saturated rings. The zero-order valence-electron chi connectivity index (χ0n) is 7.87. The van der Waals surface area contributed by atoms with E-state index >= 15 is 0 Å². The highest BCUT2D eigenvalue weighted by Gasteiger charge is 2.43. The Balaban J connectivity index is 2.18. The van der Waals surface area contributed by atoms with Crippen molar-refractivity contribution in [3.8, 4) is 0 Å². The summed E-state index contributed by atoms with van der Waals surface area (Å²) in [6.07, 6.45) is 2.80. The summed E-state index contributed by atoms with van der Waals surface area (Å²) < 4.78 is 0.727. The van der Waals surface area contributed by atoms with Crippen molar-refractivity contribution < 1.29 is 5.11 Å². The van der Waals surface area contributed by atoms with Gasteiger partial charge in [-0.3, -0.25) is 0 Å². The average Bonchev–Trinajstić information content (AvgIpc) is 2.50. The molecule has 1 aliphatic rings. The molecule has 1 saturated carbocycles. The van der Waals surface area contributed by atoms with Crippen LogP contribution in [0.4, 0.5) is 0 Å². The average molecular weight is 232 g/mol. The van der Waals surface area contributed by atoms with Crippen molar-refractivity contribution in [2.75, 3.05) is 6.54 Å². The maximum Gasteiger partial charge on any atom is 0.0950 e. The van der Waals surface area contributed by atoms with Gasteiger partial charge in [-0.2, -0.15) is 0 Å². The lowest BCUT2D eigenvalue weighted by Gasteiger charge is -2.44. The maximum atomic E-state index is 10.2. The molecule has 0 spiro atoms. The van der Waals surface area contributed by atoms with Gasteiger partial charge in [0.05, 0.1) is 10.4 Å². The van der Waals surface area contributed by atoms with Crippen LogP contribution in [0.15, 0.2) is 12.1 Å². The molecule has 0 bridgehead atoms. The van der Waals surface area contributed by atoms with Crippen LogP contribution in [0.3, 0.4) is 0 Å². The standard InChI is InChI=1S/C10H14ClNOS/c11-8-3-2-7(14-8)9(13)10(6-12)4-1-5-10/h2-3,9,13H,1,4-6,12H2. The van der Waals surface area contributed by atoms with Crippen molar-refractivity contribution in [2.45, 2.75) is 25.4 Å². The maximum absolute atomic E-state index is 10.2. The van der Waals surface area contributed by atoms with E-state index in [1.807, 2.05) is 12.1 Å². The van der Waals surface area contributed by atoms with Crippen molar-refractivity contribution in [1.82, 2.24) is 0 Å². The van der Waals surface area contributed by atoms with Gasteiger partial charge in [-0.1, -0.05) is 18.0 Å². The zero-order chi connectivity index (χ0) is 10.2. The van der Waals surface area contributed by atoms with Crippen LogP contribution >= 0.6 is 22.9 Å². The van der Waals surface area contributed by atoms with E-state index in [0.29, 0.717) is 6.54 Å². The summed E-state index contributed by atoms with van der Waals surface area (Å²) in [5.41, 5.74) is 5.65. The van der Waals surface area contributed by atoms with Gasteiger partial charge in [0.25, 0.3) is 0 Å². The lowest BCUT2D eigenvalue weighted by molar-refractivity contribution is -0.0274. The first-order valence-electron chi connectivity index (χ1n) is 4.81. The van der Waals surface area contributed by atoms with E-state index in [1.54, 1.807) is 0 Å². The molecule has 4 heteroatoms. The van der Waals surface area contributed by atoms with Crippen LogP contribution in [-0.4, -0.2) is 11.7 Å². The van der Waals surface area contributed by atoms with Gasteiger partial charge in [0.15, 0.2) is 0 Å². The second kappa shape index (κ2) is 3.81. The third-order valence-electron chi connectivity index (χ3n) is 3.20. The highest BCUT2D eigenvalue weighted by atomic mass is 35.5. The number of aliphatic hydroxyl groups is 1. The molecule has 78 valence electrons. The van der Waals surface area contributed by atoms with Crippen molar-refractivity contribution in [2.24, 2.45) is 11.1 Å². The van der Waals surface area contributed by atoms with Crippen LogP contribution in [0.25, 0.3) is 0 Å². The first kappa shape index (κ1) is 10.4. The minimum absolute atomic E-state index is 0.0752. The molecule has 0 radical (unpaired) electrons. The van der Waals surface area contributed by atoms with Crippen LogP contribution in [0, 0.1) is 5.41 Å². The van der Waals surface area contributed by atoms with Crippen LogP contribution in [-0.2, 0) is 0 Å². The highest BCUT2D eigenvalue weighted by Crippen LogP contribution is 2.50. The fourth-order valence-electron chi connectivity index (χ4n) is 2.00. The molecule has 1 unspecified atom stereocenters. The largest absolute Gasteiger partial charge is 0.387 e. The number of rotatable bonds is 3. The minimum atomic E-state index is -0.432. The summed E-state index contributed by atoms with van der Waals surface area (Å²) in [4.78, 5) is 0.945. The molecular weight excluding hydrogens is 218 g/mol. The number of thiophene rings is 1. The summed E-state index contributed by atoms with van der Waals surface area (Å²) in [6, 6.07) is 3.72. The van der Waals surface area contributed by atoms with Gasteiger partial charge in [0.1, 0.15) is 0 Å². The van der Waals surface area contributed by atoms with Crippen molar-refractivity contribution in [3.63, 3.8) is 0 Å². The van der Waals surface area contributed by atoms with Crippen LogP contribution in [0.5, 0.6) is 0 Å². The van der Waals surface area contributed by atoms with Gasteiger partial charge in [0.2, 0.25) is 0 Å². The van der Waals surface area contributed by atoms with E-state index in [4.69, 9.17) is 17.3 Å². The van der Waals surface area contributed by atoms with Crippen LogP contribution in [0.2, 0.25) is 4.34 Å². The van der Waals surface area contributed by atoms with Crippen LogP contribution < -0.4 is 5.73 Å². The first-order valence-corrected chi connectivity index (χ1v) is 6.01. The molecule has 0 aliphatic heterocycles. The summed E-state index contributed by atoms with van der Waals surface area (Å²) in [6.45, 7) is 0.559. The second-order valence-corrected chi connectivity index (χ2v) is 5.71. The number of hydrogen-bond donors (Lipinski definition) is 2. The smallest absolute Gasteiger partial charge is 0.0950 e. The SMILES string of the molecule is NCC1(C(O)c2ccc(Cl)s2)CCC1. The Morgan fingerprint density at radius 3 is 2.64 bits per heavy atom. The summed E-state index contributed by atoms with van der Waals surface area (Å²) in [5.74, 6) is 0. The van der Waals surface area contributed by atoms with Gasteiger partial charge in [-0.15, -0.1) is 11.3 Å². The first-order chi connectivity index (χ1) is 6.68. The third-order valence-corrected chi connectivity index (χ3v) is 4.48. The molecule has 1 atom stereocenters. The number of nitrogens with two attached hydrogens (primary N) is 1. The summed E-state index contributed by atoms with van der Waals surface area (Å²) >= 11 is 7.28. The normalized spacial score (nSPS) is 21.6. The monoisotopic (exact) mass is 231 g/mol. The van der Waals surface area contributed by atoms with E-state index in [1.165, 1.54) is 17.8 Å². The number of halogens is 1. The zero-order valence-corrected chi connectivity index (χ0v) is 9.44. The van der Waals surface area contributed by atoms with E-state index in [2.05, 4.69) is 0 Å². The van der Waals surface area contributed by atoms with E-state index in [-0.39, 0.29) is 5.41 Å². The lowest BCUT2D eigenvalue weighted by atomic mass is 9.65. The molecule has 0 saturated heterocycles. The Morgan fingerprint density at radius 1 is 1.57 bits per heavy atom. The molecule has 1 aromatic heterocycles. The predicted molar refractivity (Wildman–Crippen MR) is 59.6 cm³/mol. The predicted octanol–water partition coefficient (Wildman–Crippen LogP) is 2.56. The van der Waals surface area contributed by atoms with E-state index in [9.17, 15) is 5.11 Å². The van der Waals surface area contributed by atoms with E-state index < -0.39 is 6.10 Å². The Morgan fingerprint density at radius 2 is 2.29 bits per heavy atom. The van der Waals surface area contributed by atoms with Gasteiger partial charge in [0, 0.05) is 16.8 Å². The fourth-order valence-corrected chi connectivity index (χ4v) is 3.19. The third kappa shape index (κ3) is 1.58. The fraction of sp³-hybridized carbons (Fsp3) is 0.600. The summed E-state index contributed by atoms with van der Waals surface area (Å²) in [5, 5.41) is 10.2. The molecule has 3 N–H and O–H groups in total. The van der Waals surface area contributed by atoms with Crippen molar-refractivity contribution in [3.05, 3.63) is 21.3 Å². The van der Waals surface area contributed by atoms with Crippen LogP contribution in [0.1, 0.15) is 30.2 Å². The molecule has 1 aromatic rings. The van der Waals surface area contributed by atoms with Gasteiger partial charge < -0.3 is 10.8 Å². The second-order valence-electron chi connectivity index (χ2n) is 3.96. The number of hydrogen-bond acceptors (Lipinski definition) is 3.